The van der Waals surface area contributed by atoms with Crippen LogP contribution in [0.2, 0.25) is 0 Å². The third-order valence-electron chi connectivity index (χ3n) is 4.40. The average molecular weight is 407 g/mol. The number of thiazole rings is 1. The molecule has 0 aliphatic rings. The first-order chi connectivity index (χ1) is 13.8. The van der Waals surface area contributed by atoms with E-state index >= 15 is 0 Å². The van der Waals surface area contributed by atoms with Gasteiger partial charge in [-0.05, 0) is 16.5 Å². The summed E-state index contributed by atoms with van der Waals surface area (Å²) in [5, 5.41) is 24.1. The van der Waals surface area contributed by atoms with Crippen molar-refractivity contribution in [3.63, 3.8) is 0 Å². The summed E-state index contributed by atoms with van der Waals surface area (Å²) in [4.78, 5) is 20.7. The Hall–Kier alpha value is -3.24. The lowest BCUT2D eigenvalue weighted by Crippen LogP contribution is -2.24. The van der Waals surface area contributed by atoms with Gasteiger partial charge >= 0.3 is 0 Å². The number of pyridine rings is 1. The first kappa shape index (κ1) is 20.5. The van der Waals surface area contributed by atoms with Crippen LogP contribution in [0.25, 0.3) is 10.7 Å². The van der Waals surface area contributed by atoms with Crippen molar-refractivity contribution < 1.29 is 9.90 Å². The molecular formula is C22H22N4O2S. The Morgan fingerprint density at radius 2 is 2.00 bits per heavy atom. The highest BCUT2D eigenvalue weighted by Gasteiger charge is 2.15. The molecule has 0 saturated heterocycles. The normalized spacial score (nSPS) is 11.1. The van der Waals surface area contributed by atoms with E-state index in [1.807, 2.05) is 18.2 Å². The molecule has 0 bridgehead atoms. The molecule has 29 heavy (non-hydrogen) atoms. The Balaban J connectivity index is 1.59. The summed E-state index contributed by atoms with van der Waals surface area (Å²) < 4.78 is 0. The minimum Gasteiger partial charge on any atom is -0.506 e. The molecule has 0 aliphatic carbocycles. The van der Waals surface area contributed by atoms with Crippen LogP contribution >= 0.6 is 11.3 Å². The number of carbonyl (C=O) groups is 1. The fraction of sp³-hybridized carbons (Fsp3) is 0.273. The van der Waals surface area contributed by atoms with Crippen molar-refractivity contribution in [1.29, 1.82) is 5.26 Å². The van der Waals surface area contributed by atoms with Gasteiger partial charge in [0.05, 0.1) is 17.7 Å². The molecule has 2 N–H and O–H groups in total. The monoisotopic (exact) mass is 406 g/mol. The van der Waals surface area contributed by atoms with Crippen LogP contribution in [0.4, 0.5) is 0 Å². The summed E-state index contributed by atoms with van der Waals surface area (Å²) >= 11 is 1.29. The number of nitrogens with zero attached hydrogens (tertiary/aromatic N) is 3. The molecule has 0 spiro atoms. The predicted molar refractivity (Wildman–Crippen MR) is 112 cm³/mol. The second-order valence-corrected chi connectivity index (χ2v) is 8.61. The van der Waals surface area contributed by atoms with Gasteiger partial charge in [-0.3, -0.25) is 4.79 Å². The van der Waals surface area contributed by atoms with Gasteiger partial charge < -0.3 is 10.4 Å². The zero-order valence-electron chi connectivity index (χ0n) is 16.6. The summed E-state index contributed by atoms with van der Waals surface area (Å²) in [7, 11) is 0. The Morgan fingerprint density at radius 3 is 2.62 bits per heavy atom. The maximum Gasteiger partial charge on any atom is 0.226 e. The summed E-state index contributed by atoms with van der Waals surface area (Å²) in [5.41, 5.74) is 3.58. The van der Waals surface area contributed by atoms with Gasteiger partial charge in [-0.25, -0.2) is 9.97 Å². The number of hydrogen-bond acceptors (Lipinski definition) is 6. The predicted octanol–water partition coefficient (Wildman–Crippen LogP) is 3.94. The molecule has 0 unspecified atom stereocenters. The van der Waals surface area contributed by atoms with Crippen molar-refractivity contribution in [2.75, 3.05) is 0 Å². The molecule has 3 rings (SSSR count). The topological polar surface area (TPSA) is 98.9 Å². The summed E-state index contributed by atoms with van der Waals surface area (Å²) in [6, 6.07) is 11.5. The number of carbonyl (C=O) groups excluding carboxylic acids is 1. The summed E-state index contributed by atoms with van der Waals surface area (Å²) in [6.07, 6.45) is 1.53. The molecule has 0 aliphatic heterocycles. The van der Waals surface area contributed by atoms with Crippen LogP contribution in [0, 0.1) is 11.3 Å². The van der Waals surface area contributed by atoms with Gasteiger partial charge in [0.15, 0.2) is 0 Å². The van der Waals surface area contributed by atoms with E-state index in [1.54, 1.807) is 5.38 Å². The Labute approximate surface area is 173 Å². The zero-order chi connectivity index (χ0) is 21.0. The molecule has 1 amide bonds. The minimum atomic E-state index is -0.126. The number of nitrogens with one attached hydrogen (secondary N) is 1. The van der Waals surface area contributed by atoms with Gasteiger partial charge in [-0.2, -0.15) is 5.26 Å². The Morgan fingerprint density at radius 1 is 1.28 bits per heavy atom. The second kappa shape index (κ2) is 8.41. The Kier molecular flexibility index (Phi) is 5.95. The second-order valence-electron chi connectivity index (χ2n) is 7.75. The quantitative estimate of drug-likeness (QED) is 0.669. The fourth-order valence-electron chi connectivity index (χ4n) is 2.73. The van der Waals surface area contributed by atoms with Crippen LogP contribution in [0.3, 0.4) is 0 Å². The van der Waals surface area contributed by atoms with E-state index in [4.69, 9.17) is 5.26 Å². The third-order valence-corrected chi connectivity index (χ3v) is 5.30. The zero-order valence-corrected chi connectivity index (χ0v) is 17.4. The van der Waals surface area contributed by atoms with Crippen LogP contribution in [0.5, 0.6) is 5.75 Å². The average Bonchev–Trinajstić information content (AvgIpc) is 3.14. The van der Waals surface area contributed by atoms with Crippen molar-refractivity contribution >= 4 is 17.2 Å². The van der Waals surface area contributed by atoms with Crippen molar-refractivity contribution in [2.24, 2.45) is 0 Å². The molecule has 7 heteroatoms. The standard InChI is InChI=1S/C22H22N4O2S/c1-22(2,3)16-6-4-14(5-7-16)11-24-19(28)9-17-13-29-21(26-17)20-18(27)8-15(10-23)12-25-20/h4-8,12-13,27H,9,11H2,1-3H3,(H,24,28). The number of amides is 1. The van der Waals surface area contributed by atoms with E-state index in [0.29, 0.717) is 22.9 Å². The maximum atomic E-state index is 12.3. The molecule has 0 saturated carbocycles. The van der Waals surface area contributed by atoms with Crippen molar-refractivity contribution in [3.8, 4) is 22.5 Å². The minimum absolute atomic E-state index is 0.0995. The smallest absolute Gasteiger partial charge is 0.226 e. The lowest BCUT2D eigenvalue weighted by atomic mass is 9.87. The molecule has 3 aromatic rings. The van der Waals surface area contributed by atoms with Crippen molar-refractivity contribution in [3.05, 3.63) is 64.3 Å². The molecule has 1 aromatic carbocycles. The van der Waals surface area contributed by atoms with E-state index < -0.39 is 0 Å². The van der Waals surface area contributed by atoms with Gasteiger partial charge in [-0.15, -0.1) is 11.3 Å². The van der Waals surface area contributed by atoms with Gasteiger partial charge in [-0.1, -0.05) is 45.0 Å². The van der Waals surface area contributed by atoms with E-state index in [0.717, 1.165) is 5.56 Å². The van der Waals surface area contributed by atoms with Gasteiger partial charge in [0, 0.05) is 24.2 Å². The van der Waals surface area contributed by atoms with Gasteiger partial charge in [0.25, 0.3) is 0 Å². The molecule has 148 valence electrons. The SMILES string of the molecule is CC(C)(C)c1ccc(CNC(=O)Cc2csc(-c3ncc(C#N)cc3O)n2)cc1. The van der Waals surface area contributed by atoms with Crippen LogP contribution in [0.1, 0.15) is 43.2 Å². The first-order valence-corrected chi connectivity index (χ1v) is 10.0. The molecule has 0 fully saturated rings. The number of nitriles is 1. The van der Waals surface area contributed by atoms with Crippen LogP contribution in [0.15, 0.2) is 41.9 Å². The highest BCUT2D eigenvalue weighted by Crippen LogP contribution is 2.30. The van der Waals surface area contributed by atoms with E-state index in [2.05, 4.69) is 48.2 Å². The van der Waals surface area contributed by atoms with Crippen molar-refractivity contribution in [1.82, 2.24) is 15.3 Å². The van der Waals surface area contributed by atoms with Crippen LogP contribution in [-0.2, 0) is 23.2 Å². The molecule has 2 aromatic heterocycles. The van der Waals surface area contributed by atoms with E-state index in [-0.39, 0.29) is 29.1 Å². The van der Waals surface area contributed by atoms with Crippen LogP contribution < -0.4 is 5.32 Å². The molecule has 2 heterocycles. The highest BCUT2D eigenvalue weighted by atomic mass is 32.1. The third kappa shape index (κ3) is 5.18. The van der Waals surface area contributed by atoms with E-state index in [1.165, 1.54) is 29.2 Å². The first-order valence-electron chi connectivity index (χ1n) is 9.16. The number of benzene rings is 1. The number of hydrogen-bond donors (Lipinski definition) is 2. The molecule has 6 nitrogen and oxygen atoms in total. The lowest BCUT2D eigenvalue weighted by molar-refractivity contribution is -0.120. The van der Waals surface area contributed by atoms with Gasteiger partial charge in [0.2, 0.25) is 5.91 Å². The van der Waals surface area contributed by atoms with Crippen LogP contribution in [-0.4, -0.2) is 21.0 Å². The fourth-order valence-corrected chi connectivity index (χ4v) is 3.55. The Bertz CT molecular complexity index is 1060. The highest BCUT2D eigenvalue weighted by molar-refractivity contribution is 7.13. The van der Waals surface area contributed by atoms with Crippen molar-refractivity contribution in [2.45, 2.75) is 39.2 Å². The maximum absolute atomic E-state index is 12.3. The number of aromatic nitrogens is 2. The number of aromatic hydroxyl groups is 1. The molecular weight excluding hydrogens is 384 g/mol. The molecule has 0 atom stereocenters. The van der Waals surface area contributed by atoms with Gasteiger partial charge in [0.1, 0.15) is 22.5 Å². The molecule has 0 radical (unpaired) electrons. The van der Waals surface area contributed by atoms with E-state index in [9.17, 15) is 9.90 Å². The summed E-state index contributed by atoms with van der Waals surface area (Å²) in [5.74, 6) is -0.230. The largest absolute Gasteiger partial charge is 0.506 e. The lowest BCUT2D eigenvalue weighted by Gasteiger charge is -2.19. The number of rotatable bonds is 5. The summed E-state index contributed by atoms with van der Waals surface area (Å²) in [6.45, 7) is 6.95.